The van der Waals surface area contributed by atoms with Gasteiger partial charge in [0.15, 0.2) is 5.11 Å². The molecule has 0 fully saturated rings. The van der Waals surface area contributed by atoms with Crippen LogP contribution in [-0.4, -0.2) is 28.1 Å². The van der Waals surface area contributed by atoms with Gasteiger partial charge in [-0.1, -0.05) is 6.07 Å². The molecule has 0 aliphatic carbocycles. The summed E-state index contributed by atoms with van der Waals surface area (Å²) in [6, 6.07) is 10.1. The molecule has 0 bridgehead atoms. The summed E-state index contributed by atoms with van der Waals surface area (Å²) in [6.07, 6.45) is 1.80. The normalized spacial score (nSPS) is 10.3. The zero-order valence-electron chi connectivity index (χ0n) is 10.7. The molecule has 1 aromatic carbocycles. The second-order valence-electron chi connectivity index (χ2n) is 4.01. The van der Waals surface area contributed by atoms with E-state index in [-0.39, 0.29) is 0 Å². The Labute approximate surface area is 113 Å². The minimum absolute atomic E-state index is 0.767. The van der Waals surface area contributed by atoms with Gasteiger partial charge in [-0.3, -0.25) is 4.98 Å². The Morgan fingerprint density at radius 1 is 1.28 bits per heavy atom. The highest BCUT2D eigenvalue weighted by molar-refractivity contribution is 7.80. The van der Waals surface area contributed by atoms with Gasteiger partial charge in [-0.05, 0) is 50.3 Å². The van der Waals surface area contributed by atoms with Crippen molar-refractivity contribution in [1.29, 1.82) is 0 Å². The molecule has 0 spiro atoms. The van der Waals surface area contributed by atoms with E-state index in [1.807, 2.05) is 24.3 Å². The Morgan fingerprint density at radius 2 is 2.06 bits per heavy atom. The van der Waals surface area contributed by atoms with Crippen molar-refractivity contribution in [3.05, 3.63) is 36.5 Å². The highest BCUT2D eigenvalue weighted by Gasteiger charge is 2.05. The Morgan fingerprint density at radius 3 is 2.78 bits per heavy atom. The molecule has 94 valence electrons. The topological polar surface area (TPSA) is 28.2 Å². The summed E-state index contributed by atoms with van der Waals surface area (Å²) in [7, 11) is 0. The maximum Gasteiger partial charge on any atom is 0.173 e. The predicted octanol–water partition coefficient (Wildman–Crippen LogP) is 3.27. The van der Waals surface area contributed by atoms with Gasteiger partial charge in [0.25, 0.3) is 0 Å². The van der Waals surface area contributed by atoms with E-state index in [0.717, 1.165) is 34.8 Å². The first-order valence-corrected chi connectivity index (χ1v) is 6.56. The first-order chi connectivity index (χ1) is 8.74. The molecule has 1 heterocycles. The Balaban J connectivity index is 2.19. The van der Waals surface area contributed by atoms with Gasteiger partial charge in [-0.2, -0.15) is 0 Å². The largest absolute Gasteiger partial charge is 0.350 e. The zero-order chi connectivity index (χ0) is 13.0. The van der Waals surface area contributed by atoms with Crippen LogP contribution in [0.4, 0.5) is 5.69 Å². The van der Waals surface area contributed by atoms with E-state index in [4.69, 9.17) is 12.2 Å². The summed E-state index contributed by atoms with van der Waals surface area (Å²) in [5.74, 6) is 0. The maximum absolute atomic E-state index is 5.38. The Bertz CT molecular complexity index is 549. The molecule has 4 heteroatoms. The van der Waals surface area contributed by atoms with Crippen LogP contribution in [0.25, 0.3) is 10.9 Å². The second-order valence-corrected chi connectivity index (χ2v) is 4.40. The molecular formula is C14H17N3S. The summed E-state index contributed by atoms with van der Waals surface area (Å²) >= 11 is 5.38. The lowest BCUT2D eigenvalue weighted by atomic mass is 10.2. The number of anilines is 1. The second kappa shape index (κ2) is 5.78. The van der Waals surface area contributed by atoms with Gasteiger partial charge in [-0.15, -0.1) is 0 Å². The first-order valence-electron chi connectivity index (χ1n) is 6.15. The number of hydrogen-bond donors (Lipinski definition) is 1. The van der Waals surface area contributed by atoms with E-state index in [0.29, 0.717) is 0 Å². The number of hydrogen-bond acceptors (Lipinski definition) is 2. The third kappa shape index (κ3) is 2.76. The Kier molecular flexibility index (Phi) is 4.10. The molecule has 0 aliphatic rings. The lowest BCUT2D eigenvalue weighted by Crippen LogP contribution is -2.34. The SMILES string of the molecule is CCN(CC)C(=S)Nc1ccc2ncccc2c1. The van der Waals surface area contributed by atoms with Crippen molar-refractivity contribution < 1.29 is 0 Å². The monoisotopic (exact) mass is 259 g/mol. The van der Waals surface area contributed by atoms with Crippen LogP contribution in [0.2, 0.25) is 0 Å². The predicted molar refractivity (Wildman–Crippen MR) is 80.9 cm³/mol. The number of rotatable bonds is 3. The van der Waals surface area contributed by atoms with Crippen LogP contribution in [-0.2, 0) is 0 Å². The van der Waals surface area contributed by atoms with Crippen LogP contribution in [0.1, 0.15) is 13.8 Å². The quantitative estimate of drug-likeness (QED) is 0.856. The van der Waals surface area contributed by atoms with Gasteiger partial charge in [0.2, 0.25) is 0 Å². The van der Waals surface area contributed by atoms with Crippen molar-refractivity contribution in [2.75, 3.05) is 18.4 Å². The number of thiocarbonyl (C=S) groups is 1. The summed E-state index contributed by atoms with van der Waals surface area (Å²) in [6.45, 7) is 6.03. The van der Waals surface area contributed by atoms with E-state index < -0.39 is 0 Å². The maximum atomic E-state index is 5.38. The fourth-order valence-corrected chi connectivity index (χ4v) is 2.24. The third-order valence-corrected chi connectivity index (χ3v) is 3.27. The van der Waals surface area contributed by atoms with Gasteiger partial charge in [0.1, 0.15) is 0 Å². The minimum atomic E-state index is 0.767. The molecule has 0 radical (unpaired) electrons. The van der Waals surface area contributed by atoms with Crippen LogP contribution < -0.4 is 5.32 Å². The van der Waals surface area contributed by atoms with E-state index >= 15 is 0 Å². The fourth-order valence-electron chi connectivity index (χ4n) is 1.87. The minimum Gasteiger partial charge on any atom is -0.350 e. The molecule has 0 amide bonds. The van der Waals surface area contributed by atoms with E-state index in [2.05, 4.69) is 35.1 Å². The number of nitrogens with one attached hydrogen (secondary N) is 1. The summed E-state index contributed by atoms with van der Waals surface area (Å²) < 4.78 is 0. The molecular weight excluding hydrogens is 242 g/mol. The van der Waals surface area contributed by atoms with Crippen molar-refractivity contribution >= 4 is 33.9 Å². The number of aromatic nitrogens is 1. The lowest BCUT2D eigenvalue weighted by Gasteiger charge is -2.22. The van der Waals surface area contributed by atoms with Crippen molar-refractivity contribution in [2.24, 2.45) is 0 Å². The number of nitrogens with zero attached hydrogens (tertiary/aromatic N) is 2. The molecule has 3 nitrogen and oxygen atoms in total. The van der Waals surface area contributed by atoms with Crippen LogP contribution in [0, 0.1) is 0 Å². The molecule has 0 unspecified atom stereocenters. The van der Waals surface area contributed by atoms with Crippen LogP contribution in [0.15, 0.2) is 36.5 Å². The molecule has 2 rings (SSSR count). The summed E-state index contributed by atoms with van der Waals surface area (Å²) in [5, 5.41) is 5.15. The van der Waals surface area contributed by atoms with Crippen molar-refractivity contribution in [2.45, 2.75) is 13.8 Å². The average Bonchev–Trinajstić information content (AvgIpc) is 2.40. The van der Waals surface area contributed by atoms with Crippen LogP contribution in [0.5, 0.6) is 0 Å². The summed E-state index contributed by atoms with van der Waals surface area (Å²) in [5.41, 5.74) is 2.00. The molecule has 2 aromatic rings. The smallest absolute Gasteiger partial charge is 0.173 e. The first kappa shape index (κ1) is 12.8. The van der Waals surface area contributed by atoms with Gasteiger partial charge in [0, 0.05) is 30.4 Å². The van der Waals surface area contributed by atoms with Crippen molar-refractivity contribution in [3.63, 3.8) is 0 Å². The van der Waals surface area contributed by atoms with E-state index in [1.54, 1.807) is 6.20 Å². The van der Waals surface area contributed by atoms with Crippen LogP contribution in [0.3, 0.4) is 0 Å². The third-order valence-electron chi connectivity index (χ3n) is 2.90. The number of fused-ring (bicyclic) bond motifs is 1. The highest BCUT2D eigenvalue weighted by Crippen LogP contribution is 2.17. The molecule has 18 heavy (non-hydrogen) atoms. The van der Waals surface area contributed by atoms with Gasteiger partial charge in [0.05, 0.1) is 5.52 Å². The van der Waals surface area contributed by atoms with E-state index in [1.165, 1.54) is 0 Å². The molecule has 0 aliphatic heterocycles. The number of benzene rings is 1. The van der Waals surface area contributed by atoms with Gasteiger partial charge in [-0.25, -0.2) is 0 Å². The fraction of sp³-hybridized carbons (Fsp3) is 0.286. The molecule has 1 N–H and O–H groups in total. The molecule has 0 saturated carbocycles. The zero-order valence-corrected chi connectivity index (χ0v) is 11.5. The summed E-state index contributed by atoms with van der Waals surface area (Å²) in [4.78, 5) is 6.41. The standard InChI is InChI=1S/C14H17N3S/c1-3-17(4-2)14(18)16-12-7-8-13-11(10-12)6-5-9-15-13/h5-10H,3-4H2,1-2H3,(H,16,18). The van der Waals surface area contributed by atoms with Gasteiger partial charge < -0.3 is 10.2 Å². The molecule has 1 aromatic heterocycles. The lowest BCUT2D eigenvalue weighted by molar-refractivity contribution is 0.473. The van der Waals surface area contributed by atoms with Gasteiger partial charge >= 0.3 is 0 Å². The highest BCUT2D eigenvalue weighted by atomic mass is 32.1. The molecule has 0 atom stereocenters. The average molecular weight is 259 g/mol. The van der Waals surface area contributed by atoms with E-state index in [9.17, 15) is 0 Å². The molecule has 0 saturated heterocycles. The number of pyridine rings is 1. The van der Waals surface area contributed by atoms with Crippen molar-refractivity contribution in [3.8, 4) is 0 Å². The Hall–Kier alpha value is -1.68. The van der Waals surface area contributed by atoms with Crippen LogP contribution >= 0.6 is 12.2 Å². The van der Waals surface area contributed by atoms with Crippen molar-refractivity contribution in [1.82, 2.24) is 9.88 Å².